The Morgan fingerprint density at radius 1 is 1.54 bits per heavy atom. The highest BCUT2D eigenvalue weighted by atomic mass is 16.4. The standard InChI is InChI=1S/C10H4NO2/c11-6-8-5-7-3-1-2-4-9(7)13-10(8)12/h2-5H. The zero-order valence-corrected chi connectivity index (χ0v) is 6.57. The number of benzene rings is 1. The third-order valence-electron chi connectivity index (χ3n) is 1.70. The van der Waals surface area contributed by atoms with E-state index in [4.69, 9.17) is 9.68 Å². The molecule has 1 aromatic heterocycles. The molecule has 0 bridgehead atoms. The van der Waals surface area contributed by atoms with Crippen LogP contribution in [0.15, 0.2) is 33.5 Å². The Morgan fingerprint density at radius 3 is 3.15 bits per heavy atom. The van der Waals surface area contributed by atoms with Crippen molar-refractivity contribution >= 4 is 11.0 Å². The Balaban J connectivity index is 2.91. The van der Waals surface area contributed by atoms with E-state index in [1.54, 1.807) is 24.3 Å². The second-order valence-electron chi connectivity index (χ2n) is 2.52. The van der Waals surface area contributed by atoms with Crippen LogP contribution < -0.4 is 5.63 Å². The van der Waals surface area contributed by atoms with E-state index >= 15 is 0 Å². The van der Waals surface area contributed by atoms with E-state index in [0.29, 0.717) is 11.0 Å². The van der Waals surface area contributed by atoms with Crippen molar-refractivity contribution < 1.29 is 4.42 Å². The summed E-state index contributed by atoms with van der Waals surface area (Å²) in [6.45, 7) is 0. The third kappa shape index (κ3) is 1.18. The average Bonchev–Trinajstić information content (AvgIpc) is 2.17. The number of nitrogens with zero attached hydrogens (tertiary/aromatic N) is 1. The Kier molecular flexibility index (Phi) is 1.60. The second kappa shape index (κ2) is 2.76. The Bertz CT molecular complexity index is 549. The van der Waals surface area contributed by atoms with E-state index in [0.717, 1.165) is 0 Å². The largest absolute Gasteiger partial charge is 0.422 e. The van der Waals surface area contributed by atoms with Gasteiger partial charge in [0.05, 0.1) is 0 Å². The topological polar surface area (TPSA) is 54.0 Å². The smallest absolute Gasteiger partial charge is 0.354 e. The van der Waals surface area contributed by atoms with E-state index in [1.807, 2.05) is 0 Å². The van der Waals surface area contributed by atoms with Crippen LogP contribution in [0.1, 0.15) is 5.56 Å². The molecule has 2 rings (SSSR count). The predicted octanol–water partition coefficient (Wildman–Crippen LogP) is 1.46. The molecule has 1 radical (unpaired) electrons. The number of rotatable bonds is 0. The maximum atomic E-state index is 11.1. The number of nitriles is 1. The Labute approximate surface area is 73.8 Å². The summed E-state index contributed by atoms with van der Waals surface area (Å²) < 4.78 is 4.89. The molecule has 0 saturated heterocycles. The maximum absolute atomic E-state index is 11.1. The van der Waals surface area contributed by atoms with Gasteiger partial charge in [-0.3, -0.25) is 0 Å². The molecule has 3 heteroatoms. The first-order chi connectivity index (χ1) is 6.31. The lowest BCUT2D eigenvalue weighted by molar-refractivity contribution is 0.558. The van der Waals surface area contributed by atoms with E-state index in [-0.39, 0.29) is 5.56 Å². The summed E-state index contributed by atoms with van der Waals surface area (Å²) in [7, 11) is 0. The van der Waals surface area contributed by atoms with Gasteiger partial charge >= 0.3 is 5.63 Å². The van der Waals surface area contributed by atoms with Crippen LogP contribution in [-0.4, -0.2) is 0 Å². The first-order valence-electron chi connectivity index (χ1n) is 3.65. The third-order valence-corrected chi connectivity index (χ3v) is 1.70. The summed E-state index contributed by atoms with van der Waals surface area (Å²) in [4.78, 5) is 11.1. The molecule has 1 heterocycles. The van der Waals surface area contributed by atoms with Gasteiger partial charge in [-0.15, -0.1) is 0 Å². The van der Waals surface area contributed by atoms with Crippen LogP contribution in [0.2, 0.25) is 0 Å². The molecule has 0 atom stereocenters. The molecule has 0 N–H and O–H groups in total. The van der Waals surface area contributed by atoms with Gasteiger partial charge in [-0.1, -0.05) is 6.07 Å². The molecule has 61 valence electrons. The SMILES string of the molecule is N#Cc1cc2c[c]ccc2oc1=O. The highest BCUT2D eigenvalue weighted by Gasteiger charge is 2.02. The molecule has 1 aromatic carbocycles. The minimum Gasteiger partial charge on any atom is -0.422 e. The second-order valence-corrected chi connectivity index (χ2v) is 2.52. The van der Waals surface area contributed by atoms with E-state index in [2.05, 4.69) is 6.07 Å². The molecule has 0 saturated carbocycles. The molecule has 0 amide bonds. The molecule has 2 aromatic rings. The fourth-order valence-corrected chi connectivity index (χ4v) is 1.08. The summed E-state index contributed by atoms with van der Waals surface area (Å²) in [5.41, 5.74) is -0.101. The minimum atomic E-state index is -0.596. The van der Waals surface area contributed by atoms with Gasteiger partial charge in [-0.05, 0) is 24.3 Å². The van der Waals surface area contributed by atoms with E-state index < -0.39 is 5.63 Å². The summed E-state index contributed by atoms with van der Waals surface area (Å²) in [5.74, 6) is 0. The van der Waals surface area contributed by atoms with Gasteiger partial charge in [-0.25, -0.2) is 4.79 Å². The number of hydrogen-bond acceptors (Lipinski definition) is 3. The highest BCUT2D eigenvalue weighted by Crippen LogP contribution is 2.11. The van der Waals surface area contributed by atoms with Gasteiger partial charge in [0.1, 0.15) is 17.2 Å². The molecule has 0 aliphatic heterocycles. The average molecular weight is 170 g/mol. The van der Waals surface area contributed by atoms with Gasteiger partial charge in [-0.2, -0.15) is 5.26 Å². The van der Waals surface area contributed by atoms with Gasteiger partial charge in [0, 0.05) is 5.39 Å². The normalized spacial score (nSPS) is 9.77. The predicted molar refractivity (Wildman–Crippen MR) is 46.0 cm³/mol. The minimum absolute atomic E-state index is 0.0205. The van der Waals surface area contributed by atoms with Gasteiger partial charge < -0.3 is 4.42 Å². The van der Waals surface area contributed by atoms with E-state index in [9.17, 15) is 4.79 Å². The molecular weight excluding hydrogens is 166 g/mol. The summed E-state index contributed by atoms with van der Waals surface area (Å²) in [5, 5.41) is 9.26. The molecule has 0 spiro atoms. The molecule has 0 fully saturated rings. The first kappa shape index (κ1) is 7.56. The van der Waals surface area contributed by atoms with Gasteiger partial charge in [0.25, 0.3) is 0 Å². The molecule has 0 unspecified atom stereocenters. The number of fused-ring (bicyclic) bond motifs is 1. The van der Waals surface area contributed by atoms with Crippen LogP contribution in [0.5, 0.6) is 0 Å². The van der Waals surface area contributed by atoms with E-state index in [1.165, 1.54) is 6.07 Å². The number of hydrogen-bond donors (Lipinski definition) is 0. The fourth-order valence-electron chi connectivity index (χ4n) is 1.08. The van der Waals surface area contributed by atoms with Gasteiger partial charge in [0.15, 0.2) is 0 Å². The van der Waals surface area contributed by atoms with Crippen molar-refractivity contribution in [2.24, 2.45) is 0 Å². The zero-order valence-electron chi connectivity index (χ0n) is 6.57. The van der Waals surface area contributed by atoms with Crippen LogP contribution in [0, 0.1) is 17.4 Å². The lowest BCUT2D eigenvalue weighted by atomic mass is 10.2. The molecule has 0 aliphatic carbocycles. The molecule has 13 heavy (non-hydrogen) atoms. The lowest BCUT2D eigenvalue weighted by Gasteiger charge is -1.93. The summed E-state index contributed by atoms with van der Waals surface area (Å²) >= 11 is 0. The zero-order chi connectivity index (χ0) is 9.26. The van der Waals surface area contributed by atoms with Crippen molar-refractivity contribution in [1.29, 1.82) is 5.26 Å². The van der Waals surface area contributed by atoms with Crippen LogP contribution >= 0.6 is 0 Å². The Hall–Kier alpha value is -2.08. The molecule has 0 aliphatic rings. The Morgan fingerprint density at radius 2 is 2.38 bits per heavy atom. The first-order valence-corrected chi connectivity index (χ1v) is 3.65. The lowest BCUT2D eigenvalue weighted by Crippen LogP contribution is -2.02. The van der Waals surface area contributed by atoms with Crippen LogP contribution in [0.25, 0.3) is 11.0 Å². The van der Waals surface area contributed by atoms with Crippen LogP contribution in [0.4, 0.5) is 0 Å². The fraction of sp³-hybridized carbons (Fsp3) is 0. The van der Waals surface area contributed by atoms with Crippen LogP contribution in [0.3, 0.4) is 0 Å². The highest BCUT2D eigenvalue weighted by molar-refractivity contribution is 5.77. The van der Waals surface area contributed by atoms with Crippen molar-refractivity contribution in [1.82, 2.24) is 0 Å². The monoisotopic (exact) mass is 170 g/mol. The van der Waals surface area contributed by atoms with Crippen molar-refractivity contribution in [2.75, 3.05) is 0 Å². The summed E-state index contributed by atoms with van der Waals surface area (Å²) in [6, 6.07) is 11.1. The summed E-state index contributed by atoms with van der Waals surface area (Å²) in [6.07, 6.45) is 0. The van der Waals surface area contributed by atoms with Crippen molar-refractivity contribution in [3.8, 4) is 6.07 Å². The maximum Gasteiger partial charge on any atom is 0.354 e. The van der Waals surface area contributed by atoms with Crippen molar-refractivity contribution in [3.05, 3.63) is 46.3 Å². The quantitative estimate of drug-likeness (QED) is 0.562. The van der Waals surface area contributed by atoms with Gasteiger partial charge in [0.2, 0.25) is 0 Å². The van der Waals surface area contributed by atoms with Crippen molar-refractivity contribution in [2.45, 2.75) is 0 Å². The molecular formula is C10H4NO2. The molecule has 3 nitrogen and oxygen atoms in total. The van der Waals surface area contributed by atoms with Crippen LogP contribution in [-0.2, 0) is 0 Å². The van der Waals surface area contributed by atoms with Crippen molar-refractivity contribution in [3.63, 3.8) is 0 Å².